The van der Waals surface area contributed by atoms with E-state index in [1.165, 1.54) is 0 Å². The van der Waals surface area contributed by atoms with Crippen LogP contribution in [0.3, 0.4) is 0 Å². The highest BCUT2D eigenvalue weighted by Gasteiger charge is 2.13. The van der Waals surface area contributed by atoms with E-state index in [4.69, 9.17) is 27.9 Å². The lowest BCUT2D eigenvalue weighted by Gasteiger charge is -2.13. The van der Waals surface area contributed by atoms with E-state index >= 15 is 0 Å². The molecule has 0 aliphatic rings. The summed E-state index contributed by atoms with van der Waals surface area (Å²) in [7, 11) is 0. The fraction of sp³-hybridized carbons (Fsp3) is 0.136. The Labute approximate surface area is 179 Å². The zero-order valence-electron chi connectivity index (χ0n) is 15.2. The molecule has 3 nitrogen and oxygen atoms in total. The standard InChI is InChI=1S/C22H19Cl2NO2S/c1-2-27-21-11-8-15(12-16(21)14-28-18-6-4-3-5-7-18)22(26)25-20-13-17(23)9-10-19(20)24/h3-13H,2,14H2,1H3,(H,25,26). The van der Waals surface area contributed by atoms with E-state index in [1.54, 1.807) is 36.0 Å². The van der Waals surface area contributed by atoms with Gasteiger partial charge in [0.1, 0.15) is 5.75 Å². The van der Waals surface area contributed by atoms with Crippen LogP contribution in [0.4, 0.5) is 5.69 Å². The second-order valence-corrected chi connectivity index (χ2v) is 7.83. The molecule has 0 saturated carbocycles. The fourth-order valence-electron chi connectivity index (χ4n) is 2.60. The van der Waals surface area contributed by atoms with Gasteiger partial charge in [0.25, 0.3) is 5.91 Å². The van der Waals surface area contributed by atoms with Crippen LogP contribution in [0, 0.1) is 0 Å². The Bertz CT molecular complexity index is 964. The number of halogens is 2. The van der Waals surface area contributed by atoms with E-state index in [0.717, 1.165) is 16.2 Å². The molecule has 0 spiro atoms. The van der Waals surface area contributed by atoms with E-state index in [9.17, 15) is 4.79 Å². The van der Waals surface area contributed by atoms with Crippen LogP contribution >= 0.6 is 35.0 Å². The van der Waals surface area contributed by atoms with Crippen LogP contribution in [0.25, 0.3) is 0 Å². The largest absolute Gasteiger partial charge is 0.494 e. The van der Waals surface area contributed by atoms with Crippen molar-refractivity contribution in [3.8, 4) is 5.75 Å². The average molecular weight is 432 g/mol. The van der Waals surface area contributed by atoms with Crippen LogP contribution < -0.4 is 10.1 Å². The number of carbonyl (C=O) groups is 1. The molecule has 3 aromatic carbocycles. The van der Waals surface area contributed by atoms with Crippen molar-refractivity contribution < 1.29 is 9.53 Å². The number of amides is 1. The summed E-state index contributed by atoms with van der Waals surface area (Å²) in [6.45, 7) is 2.50. The van der Waals surface area contributed by atoms with Gasteiger partial charge in [0.05, 0.1) is 17.3 Å². The maximum Gasteiger partial charge on any atom is 0.255 e. The average Bonchev–Trinajstić information content (AvgIpc) is 2.71. The number of hydrogen-bond acceptors (Lipinski definition) is 3. The molecule has 0 unspecified atom stereocenters. The Balaban J connectivity index is 1.80. The minimum absolute atomic E-state index is 0.252. The summed E-state index contributed by atoms with van der Waals surface area (Å²) in [4.78, 5) is 13.9. The summed E-state index contributed by atoms with van der Waals surface area (Å²) < 4.78 is 5.73. The number of ether oxygens (including phenoxy) is 1. The molecule has 0 bridgehead atoms. The van der Waals surface area contributed by atoms with Gasteiger partial charge >= 0.3 is 0 Å². The Morgan fingerprint density at radius 3 is 2.57 bits per heavy atom. The summed E-state index contributed by atoms with van der Waals surface area (Å²) >= 11 is 13.8. The van der Waals surface area contributed by atoms with E-state index in [0.29, 0.717) is 33.7 Å². The number of thioether (sulfide) groups is 1. The quantitative estimate of drug-likeness (QED) is 0.411. The van der Waals surface area contributed by atoms with Crippen molar-refractivity contribution in [1.82, 2.24) is 0 Å². The van der Waals surface area contributed by atoms with Crippen molar-refractivity contribution in [1.29, 1.82) is 0 Å². The monoisotopic (exact) mass is 431 g/mol. The Hall–Kier alpha value is -2.14. The highest BCUT2D eigenvalue weighted by atomic mass is 35.5. The molecule has 0 aliphatic carbocycles. The number of rotatable bonds is 7. The van der Waals surface area contributed by atoms with Crippen molar-refractivity contribution in [3.63, 3.8) is 0 Å². The normalized spacial score (nSPS) is 10.5. The molecule has 0 radical (unpaired) electrons. The first-order valence-corrected chi connectivity index (χ1v) is 10.5. The lowest BCUT2D eigenvalue weighted by Crippen LogP contribution is -2.13. The lowest BCUT2D eigenvalue weighted by molar-refractivity contribution is 0.102. The van der Waals surface area contributed by atoms with E-state index in [-0.39, 0.29) is 5.91 Å². The van der Waals surface area contributed by atoms with Crippen LogP contribution in [0.2, 0.25) is 10.0 Å². The van der Waals surface area contributed by atoms with Crippen molar-refractivity contribution in [2.75, 3.05) is 11.9 Å². The van der Waals surface area contributed by atoms with Crippen molar-refractivity contribution in [2.24, 2.45) is 0 Å². The second-order valence-electron chi connectivity index (χ2n) is 5.94. The third kappa shape index (κ3) is 5.44. The van der Waals surface area contributed by atoms with Crippen LogP contribution in [-0.4, -0.2) is 12.5 Å². The van der Waals surface area contributed by atoms with Crippen molar-refractivity contribution in [2.45, 2.75) is 17.6 Å². The molecule has 0 atom stereocenters. The molecule has 28 heavy (non-hydrogen) atoms. The predicted octanol–water partition coefficient (Wildman–Crippen LogP) is 6.94. The number of nitrogens with one attached hydrogen (secondary N) is 1. The Morgan fingerprint density at radius 2 is 1.82 bits per heavy atom. The number of hydrogen-bond donors (Lipinski definition) is 1. The van der Waals surface area contributed by atoms with Crippen LogP contribution in [0.1, 0.15) is 22.8 Å². The fourth-order valence-corrected chi connectivity index (χ4v) is 3.83. The number of carbonyl (C=O) groups excluding carboxylic acids is 1. The molecule has 3 aromatic rings. The summed E-state index contributed by atoms with van der Waals surface area (Å²) in [6.07, 6.45) is 0. The van der Waals surface area contributed by atoms with Gasteiger partial charge in [0.15, 0.2) is 0 Å². The molecule has 0 aliphatic heterocycles. The molecule has 3 rings (SSSR count). The summed E-state index contributed by atoms with van der Waals surface area (Å²) in [5.41, 5.74) is 1.97. The van der Waals surface area contributed by atoms with Gasteiger partial charge in [-0.05, 0) is 55.5 Å². The Kier molecular flexibility index (Phi) is 7.26. The molecular formula is C22H19Cl2NO2S. The minimum Gasteiger partial charge on any atom is -0.494 e. The Morgan fingerprint density at radius 1 is 1.04 bits per heavy atom. The first kappa shape index (κ1) is 20.6. The summed E-state index contributed by atoms with van der Waals surface area (Å²) in [5, 5.41) is 3.76. The SMILES string of the molecule is CCOc1ccc(C(=O)Nc2cc(Cl)ccc2Cl)cc1CSc1ccccc1. The smallest absolute Gasteiger partial charge is 0.255 e. The van der Waals surface area contributed by atoms with Crippen LogP contribution in [0.5, 0.6) is 5.75 Å². The zero-order chi connectivity index (χ0) is 19.9. The highest BCUT2D eigenvalue weighted by molar-refractivity contribution is 7.98. The lowest BCUT2D eigenvalue weighted by atomic mass is 10.1. The first-order valence-electron chi connectivity index (χ1n) is 8.77. The maximum atomic E-state index is 12.7. The minimum atomic E-state index is -0.252. The molecule has 0 fully saturated rings. The highest BCUT2D eigenvalue weighted by Crippen LogP contribution is 2.30. The molecule has 1 amide bonds. The molecule has 0 heterocycles. The third-order valence-corrected chi connectivity index (χ3v) is 5.56. The van der Waals surface area contributed by atoms with Gasteiger partial charge < -0.3 is 10.1 Å². The van der Waals surface area contributed by atoms with Crippen LogP contribution in [0.15, 0.2) is 71.6 Å². The van der Waals surface area contributed by atoms with Crippen molar-refractivity contribution in [3.05, 3.63) is 87.9 Å². The molecule has 0 aromatic heterocycles. The first-order chi connectivity index (χ1) is 13.6. The van der Waals surface area contributed by atoms with Gasteiger partial charge in [0.2, 0.25) is 0 Å². The molecule has 144 valence electrons. The molecule has 6 heteroatoms. The van der Waals surface area contributed by atoms with Gasteiger partial charge in [-0.1, -0.05) is 41.4 Å². The summed E-state index contributed by atoms with van der Waals surface area (Å²) in [6, 6.07) is 20.5. The van der Waals surface area contributed by atoms with Crippen molar-refractivity contribution >= 4 is 46.6 Å². The van der Waals surface area contributed by atoms with Gasteiger partial charge in [0, 0.05) is 26.8 Å². The van der Waals surface area contributed by atoms with E-state index in [1.807, 2.05) is 37.3 Å². The van der Waals surface area contributed by atoms with Gasteiger partial charge in [-0.25, -0.2) is 0 Å². The van der Waals surface area contributed by atoms with Gasteiger partial charge in [-0.15, -0.1) is 11.8 Å². The zero-order valence-corrected chi connectivity index (χ0v) is 17.6. The topological polar surface area (TPSA) is 38.3 Å². The van der Waals surface area contributed by atoms with E-state index in [2.05, 4.69) is 17.4 Å². The van der Waals surface area contributed by atoms with Crippen LogP contribution in [-0.2, 0) is 5.75 Å². The van der Waals surface area contributed by atoms with Gasteiger partial charge in [-0.3, -0.25) is 4.79 Å². The predicted molar refractivity (Wildman–Crippen MR) is 118 cm³/mol. The number of anilines is 1. The molecule has 1 N–H and O–H groups in total. The second kappa shape index (κ2) is 9.87. The summed E-state index contributed by atoms with van der Waals surface area (Å²) in [5.74, 6) is 1.22. The third-order valence-electron chi connectivity index (χ3n) is 3.94. The number of benzene rings is 3. The maximum absolute atomic E-state index is 12.7. The molecular weight excluding hydrogens is 413 g/mol. The molecule has 0 saturated heterocycles. The van der Waals surface area contributed by atoms with Gasteiger partial charge in [-0.2, -0.15) is 0 Å². The van der Waals surface area contributed by atoms with E-state index < -0.39 is 0 Å².